The van der Waals surface area contributed by atoms with E-state index in [1.807, 2.05) is 30.7 Å². The zero-order valence-electron chi connectivity index (χ0n) is 15.6. The smallest absolute Gasteiger partial charge is 0.303 e. The fraction of sp³-hybridized carbons (Fsp3) is 0.300. The van der Waals surface area contributed by atoms with Gasteiger partial charge in [-0.2, -0.15) is 5.10 Å². The number of carbonyl (C=O) groups is 2. The Labute approximate surface area is 157 Å². The number of rotatable bonds is 6. The number of carboxylic acids is 1. The van der Waals surface area contributed by atoms with Crippen LogP contribution in [0, 0.1) is 6.92 Å². The van der Waals surface area contributed by atoms with Crippen LogP contribution in [0.15, 0.2) is 36.5 Å². The summed E-state index contributed by atoms with van der Waals surface area (Å²) in [6.45, 7) is 5.87. The van der Waals surface area contributed by atoms with Crippen molar-refractivity contribution in [2.24, 2.45) is 0 Å². The third-order valence-corrected chi connectivity index (χ3v) is 4.33. The molecule has 1 amide bonds. The monoisotopic (exact) mass is 366 g/mol. The Balaban J connectivity index is 1.78. The maximum Gasteiger partial charge on any atom is 0.303 e. The van der Waals surface area contributed by atoms with Crippen LogP contribution in [-0.4, -0.2) is 31.7 Å². The van der Waals surface area contributed by atoms with Gasteiger partial charge in [-0.15, -0.1) is 0 Å². The molecule has 0 bridgehead atoms. The Hall–Kier alpha value is -3.22. The normalized spacial score (nSPS) is 11.1. The molecule has 7 heteroatoms. The summed E-state index contributed by atoms with van der Waals surface area (Å²) < 4.78 is 1.83. The molecule has 3 aromatic rings. The lowest BCUT2D eigenvalue weighted by Gasteiger charge is -2.10. The van der Waals surface area contributed by atoms with E-state index in [0.29, 0.717) is 23.4 Å². The van der Waals surface area contributed by atoms with Crippen LogP contribution in [0.25, 0.3) is 11.0 Å². The molecule has 7 nitrogen and oxygen atoms in total. The fourth-order valence-electron chi connectivity index (χ4n) is 2.88. The Bertz CT molecular complexity index is 990. The van der Waals surface area contributed by atoms with Crippen LogP contribution in [0.1, 0.15) is 47.9 Å². The summed E-state index contributed by atoms with van der Waals surface area (Å²) >= 11 is 0. The van der Waals surface area contributed by atoms with Crippen molar-refractivity contribution in [1.29, 1.82) is 0 Å². The van der Waals surface area contributed by atoms with Crippen molar-refractivity contribution in [3.05, 3.63) is 53.3 Å². The van der Waals surface area contributed by atoms with Crippen LogP contribution in [-0.2, 0) is 11.2 Å². The van der Waals surface area contributed by atoms with Gasteiger partial charge < -0.3 is 10.4 Å². The third kappa shape index (κ3) is 4.13. The SMILES string of the molecule is Cc1nc2c(cnn2C(C)C)cc1C(=O)Nc1ccc(CCC(=O)O)cc1. The molecule has 0 spiro atoms. The molecule has 0 aliphatic rings. The van der Waals surface area contributed by atoms with E-state index in [-0.39, 0.29) is 18.4 Å². The van der Waals surface area contributed by atoms with Crippen molar-refractivity contribution in [3.8, 4) is 0 Å². The number of carbonyl (C=O) groups excluding carboxylic acids is 1. The second-order valence-corrected chi connectivity index (χ2v) is 6.76. The number of aromatic nitrogens is 3. The lowest BCUT2D eigenvalue weighted by atomic mass is 10.1. The van der Waals surface area contributed by atoms with Crippen LogP contribution in [0.5, 0.6) is 0 Å². The molecule has 27 heavy (non-hydrogen) atoms. The molecular formula is C20H22N4O3. The number of fused-ring (bicyclic) bond motifs is 1. The number of aryl methyl sites for hydroxylation is 2. The standard InChI is InChI=1S/C20H22N4O3/c1-12(2)24-19-15(11-21-24)10-17(13(3)22-19)20(27)23-16-7-4-14(5-8-16)6-9-18(25)26/h4-5,7-8,10-12H,6,9H2,1-3H3,(H,23,27)(H,25,26). The molecule has 2 heterocycles. The van der Waals surface area contributed by atoms with E-state index in [0.717, 1.165) is 16.6 Å². The first kappa shape index (κ1) is 18.6. The minimum Gasteiger partial charge on any atom is -0.481 e. The molecule has 2 N–H and O–H groups in total. The number of aliphatic carboxylic acids is 1. The lowest BCUT2D eigenvalue weighted by molar-refractivity contribution is -0.136. The van der Waals surface area contributed by atoms with Gasteiger partial charge in [-0.05, 0) is 51.0 Å². The van der Waals surface area contributed by atoms with E-state index in [1.54, 1.807) is 31.3 Å². The number of pyridine rings is 1. The van der Waals surface area contributed by atoms with Gasteiger partial charge in [0.15, 0.2) is 5.65 Å². The number of amides is 1. The van der Waals surface area contributed by atoms with E-state index >= 15 is 0 Å². The minimum absolute atomic E-state index is 0.0840. The van der Waals surface area contributed by atoms with Crippen LogP contribution in [0.3, 0.4) is 0 Å². The van der Waals surface area contributed by atoms with E-state index in [2.05, 4.69) is 15.4 Å². The van der Waals surface area contributed by atoms with Crippen molar-refractivity contribution in [2.75, 3.05) is 5.32 Å². The number of benzene rings is 1. The lowest BCUT2D eigenvalue weighted by Crippen LogP contribution is -2.14. The number of nitrogens with zero attached hydrogens (tertiary/aromatic N) is 3. The molecule has 0 saturated heterocycles. The van der Waals surface area contributed by atoms with E-state index in [4.69, 9.17) is 5.11 Å². The molecule has 140 valence electrons. The second kappa shape index (κ2) is 7.57. The van der Waals surface area contributed by atoms with Crippen molar-refractivity contribution in [2.45, 2.75) is 39.7 Å². The summed E-state index contributed by atoms with van der Waals surface area (Å²) in [6.07, 6.45) is 2.26. The van der Waals surface area contributed by atoms with E-state index in [9.17, 15) is 9.59 Å². The quantitative estimate of drug-likeness (QED) is 0.695. The average Bonchev–Trinajstić information content (AvgIpc) is 3.03. The Morgan fingerprint density at radius 3 is 2.56 bits per heavy atom. The van der Waals surface area contributed by atoms with Gasteiger partial charge >= 0.3 is 5.97 Å². The highest BCUT2D eigenvalue weighted by molar-refractivity contribution is 6.06. The first-order valence-electron chi connectivity index (χ1n) is 8.82. The number of hydrogen-bond donors (Lipinski definition) is 2. The number of anilines is 1. The fourth-order valence-corrected chi connectivity index (χ4v) is 2.88. The van der Waals surface area contributed by atoms with E-state index in [1.165, 1.54) is 0 Å². The average molecular weight is 366 g/mol. The Morgan fingerprint density at radius 2 is 1.93 bits per heavy atom. The van der Waals surface area contributed by atoms with Crippen LogP contribution < -0.4 is 5.32 Å². The maximum atomic E-state index is 12.7. The molecule has 2 aromatic heterocycles. The molecule has 1 aromatic carbocycles. The molecule has 0 unspecified atom stereocenters. The van der Waals surface area contributed by atoms with Crippen LogP contribution in [0.4, 0.5) is 5.69 Å². The van der Waals surface area contributed by atoms with Crippen LogP contribution >= 0.6 is 0 Å². The first-order valence-corrected chi connectivity index (χ1v) is 8.82. The van der Waals surface area contributed by atoms with Crippen molar-refractivity contribution >= 4 is 28.6 Å². The number of carboxylic acid groups (broad SMARTS) is 1. The van der Waals surface area contributed by atoms with Crippen molar-refractivity contribution in [3.63, 3.8) is 0 Å². The highest BCUT2D eigenvalue weighted by atomic mass is 16.4. The van der Waals surface area contributed by atoms with Gasteiger partial charge in [0, 0.05) is 23.5 Å². The highest BCUT2D eigenvalue weighted by Crippen LogP contribution is 2.20. The Kier molecular flexibility index (Phi) is 5.21. The van der Waals surface area contributed by atoms with Crippen LogP contribution in [0.2, 0.25) is 0 Å². The maximum absolute atomic E-state index is 12.7. The summed E-state index contributed by atoms with van der Waals surface area (Å²) in [6, 6.07) is 9.17. The van der Waals surface area contributed by atoms with Gasteiger partial charge in [0.1, 0.15) is 0 Å². The van der Waals surface area contributed by atoms with Crippen molar-refractivity contribution < 1.29 is 14.7 Å². The van der Waals surface area contributed by atoms with E-state index < -0.39 is 5.97 Å². The number of hydrogen-bond acceptors (Lipinski definition) is 4. The summed E-state index contributed by atoms with van der Waals surface area (Å²) in [7, 11) is 0. The first-order chi connectivity index (χ1) is 12.8. The van der Waals surface area contributed by atoms with Gasteiger partial charge in [0.05, 0.1) is 17.5 Å². The van der Waals surface area contributed by atoms with Gasteiger partial charge in [-0.3, -0.25) is 9.59 Å². The summed E-state index contributed by atoms with van der Waals surface area (Å²) in [5, 5.41) is 16.8. The van der Waals surface area contributed by atoms with Gasteiger partial charge in [0.25, 0.3) is 5.91 Å². The largest absolute Gasteiger partial charge is 0.481 e. The predicted molar refractivity (Wildman–Crippen MR) is 103 cm³/mol. The molecule has 0 aliphatic carbocycles. The molecule has 0 atom stereocenters. The topological polar surface area (TPSA) is 97.1 Å². The molecule has 0 saturated carbocycles. The predicted octanol–water partition coefficient (Wildman–Crippen LogP) is 3.59. The zero-order valence-corrected chi connectivity index (χ0v) is 15.6. The molecular weight excluding hydrogens is 344 g/mol. The summed E-state index contributed by atoms with van der Waals surface area (Å²) in [4.78, 5) is 27.9. The molecule has 0 aliphatic heterocycles. The Morgan fingerprint density at radius 1 is 1.22 bits per heavy atom. The van der Waals surface area contributed by atoms with Crippen molar-refractivity contribution in [1.82, 2.24) is 14.8 Å². The molecule has 0 radical (unpaired) electrons. The minimum atomic E-state index is -0.827. The van der Waals surface area contributed by atoms with Gasteiger partial charge in [-0.25, -0.2) is 9.67 Å². The highest BCUT2D eigenvalue weighted by Gasteiger charge is 2.15. The van der Waals surface area contributed by atoms with Gasteiger partial charge in [-0.1, -0.05) is 12.1 Å². The summed E-state index contributed by atoms with van der Waals surface area (Å²) in [5.74, 6) is -1.07. The molecule has 3 rings (SSSR count). The summed E-state index contributed by atoms with van der Waals surface area (Å²) in [5.41, 5.74) is 3.47. The zero-order chi connectivity index (χ0) is 19.6. The second-order valence-electron chi connectivity index (χ2n) is 6.76. The van der Waals surface area contributed by atoms with Gasteiger partial charge in [0.2, 0.25) is 0 Å². The molecule has 0 fully saturated rings. The number of nitrogens with one attached hydrogen (secondary N) is 1. The third-order valence-electron chi connectivity index (χ3n) is 4.33.